The molecule has 0 unspecified atom stereocenters. The van der Waals surface area contributed by atoms with Crippen LogP contribution in [0, 0.1) is 12.3 Å². The van der Waals surface area contributed by atoms with Crippen LogP contribution in [0.5, 0.6) is 0 Å². The summed E-state index contributed by atoms with van der Waals surface area (Å²) in [4.78, 5) is 11.2. The number of unbranched alkanes of at least 4 members (excludes halogenated alkanes) is 1. The van der Waals surface area contributed by atoms with Crippen LogP contribution < -0.4 is 5.32 Å². The van der Waals surface area contributed by atoms with Crippen LogP contribution >= 0.6 is 0 Å². The number of terminal acetylenes is 1. The molecule has 0 aromatic carbocycles. The van der Waals surface area contributed by atoms with E-state index in [2.05, 4.69) is 16.0 Å². The molecule has 0 aliphatic heterocycles. The van der Waals surface area contributed by atoms with Gasteiger partial charge in [-0.3, -0.25) is 0 Å². The van der Waals surface area contributed by atoms with Crippen LogP contribution in [0.4, 0.5) is 0 Å². The minimum atomic E-state index is -0.247. The molecule has 0 atom stereocenters. The number of ether oxygens (including phenoxy) is 1. The Hall–Kier alpha value is -1.27. The maximum atomic E-state index is 11.2. The lowest BCUT2D eigenvalue weighted by atomic mass is 10.2. The molecule has 0 aliphatic rings. The Labute approximate surface area is 91.9 Å². The first kappa shape index (κ1) is 13.7. The molecule has 3 nitrogen and oxygen atoms in total. The number of hydrogen-bond acceptors (Lipinski definition) is 3. The van der Waals surface area contributed by atoms with Crippen molar-refractivity contribution in [2.45, 2.75) is 26.2 Å². The van der Waals surface area contributed by atoms with Crippen LogP contribution in [0.15, 0.2) is 11.6 Å². The molecule has 0 radical (unpaired) electrons. The Kier molecular flexibility index (Phi) is 8.50. The van der Waals surface area contributed by atoms with E-state index < -0.39 is 0 Å². The van der Waals surface area contributed by atoms with Crippen LogP contribution in [0.2, 0.25) is 0 Å². The van der Waals surface area contributed by atoms with Gasteiger partial charge in [0.1, 0.15) is 0 Å². The Morgan fingerprint density at radius 2 is 2.33 bits per heavy atom. The van der Waals surface area contributed by atoms with Crippen molar-refractivity contribution >= 4 is 5.97 Å². The van der Waals surface area contributed by atoms with E-state index in [4.69, 9.17) is 6.42 Å². The van der Waals surface area contributed by atoms with Gasteiger partial charge in [0.15, 0.2) is 0 Å². The molecule has 0 spiro atoms. The number of methoxy groups -OCH3 is 1. The second-order valence-electron chi connectivity index (χ2n) is 3.09. The molecule has 0 rings (SSSR count). The third-order valence-electron chi connectivity index (χ3n) is 2.00. The molecule has 3 heteroatoms. The van der Waals surface area contributed by atoms with Gasteiger partial charge in [-0.15, -0.1) is 12.3 Å². The molecule has 0 heterocycles. The first-order chi connectivity index (χ1) is 7.26. The normalized spacial score (nSPS) is 10.9. The number of nitrogens with one attached hydrogen (secondary N) is 1. The van der Waals surface area contributed by atoms with Crippen molar-refractivity contribution < 1.29 is 9.53 Å². The van der Waals surface area contributed by atoms with E-state index in [-0.39, 0.29) is 5.97 Å². The zero-order valence-electron chi connectivity index (χ0n) is 9.51. The average molecular weight is 209 g/mol. The smallest absolute Gasteiger partial charge is 0.333 e. The van der Waals surface area contributed by atoms with E-state index in [1.54, 1.807) is 0 Å². The minimum absolute atomic E-state index is 0.247. The predicted molar refractivity (Wildman–Crippen MR) is 61.3 cm³/mol. The lowest BCUT2D eigenvalue weighted by Gasteiger charge is -2.03. The van der Waals surface area contributed by atoms with Crippen LogP contribution in [0.25, 0.3) is 0 Å². The molecule has 0 bridgehead atoms. The molecule has 0 saturated heterocycles. The van der Waals surface area contributed by atoms with E-state index in [1.807, 2.05) is 13.0 Å². The topological polar surface area (TPSA) is 38.3 Å². The summed E-state index contributed by atoms with van der Waals surface area (Å²) in [6.45, 7) is 3.49. The molecule has 0 aromatic rings. The highest BCUT2D eigenvalue weighted by molar-refractivity contribution is 5.88. The highest BCUT2D eigenvalue weighted by Gasteiger charge is 2.05. The molecule has 0 fully saturated rings. The number of hydrogen-bond donors (Lipinski definition) is 1. The van der Waals surface area contributed by atoms with E-state index >= 15 is 0 Å². The highest BCUT2D eigenvalue weighted by atomic mass is 16.5. The van der Waals surface area contributed by atoms with Crippen molar-refractivity contribution in [1.82, 2.24) is 5.32 Å². The third-order valence-corrected chi connectivity index (χ3v) is 2.00. The second kappa shape index (κ2) is 9.29. The number of carbonyl (C=O) groups is 1. The summed E-state index contributed by atoms with van der Waals surface area (Å²) in [6, 6.07) is 0. The maximum Gasteiger partial charge on any atom is 0.333 e. The molecule has 84 valence electrons. The quantitative estimate of drug-likeness (QED) is 0.299. The molecule has 0 aromatic heterocycles. The lowest BCUT2D eigenvalue weighted by molar-refractivity contribution is -0.136. The van der Waals surface area contributed by atoms with Crippen LogP contribution in [-0.4, -0.2) is 26.2 Å². The van der Waals surface area contributed by atoms with Gasteiger partial charge in [-0.05, 0) is 19.4 Å². The Morgan fingerprint density at radius 1 is 1.60 bits per heavy atom. The lowest BCUT2D eigenvalue weighted by Crippen LogP contribution is -2.16. The predicted octanol–water partition coefficient (Wildman–Crippen LogP) is 1.50. The summed E-state index contributed by atoms with van der Waals surface area (Å²) in [5.41, 5.74) is 0.710. The first-order valence-corrected chi connectivity index (χ1v) is 5.17. The fraction of sp³-hybridized carbons (Fsp3) is 0.583. The number of esters is 1. The Bertz CT molecular complexity index is 251. The summed E-state index contributed by atoms with van der Waals surface area (Å²) in [7, 11) is 1.40. The monoisotopic (exact) mass is 209 g/mol. The standard InChI is InChI=1S/C12H19NO2/c1-4-6-7-9-13-10-8-11(5-2)12(14)15-3/h1,8,13H,5-7,9-10H2,2-3H3. The van der Waals surface area contributed by atoms with Crippen molar-refractivity contribution in [2.24, 2.45) is 0 Å². The molecule has 1 N–H and O–H groups in total. The van der Waals surface area contributed by atoms with E-state index in [1.165, 1.54) is 7.11 Å². The summed E-state index contributed by atoms with van der Waals surface area (Å²) < 4.78 is 4.64. The van der Waals surface area contributed by atoms with E-state index in [0.717, 1.165) is 19.4 Å². The van der Waals surface area contributed by atoms with Crippen molar-refractivity contribution in [2.75, 3.05) is 20.2 Å². The van der Waals surface area contributed by atoms with Crippen molar-refractivity contribution in [3.63, 3.8) is 0 Å². The first-order valence-electron chi connectivity index (χ1n) is 5.17. The van der Waals surface area contributed by atoms with Gasteiger partial charge in [-0.25, -0.2) is 4.79 Å². The van der Waals surface area contributed by atoms with Gasteiger partial charge in [0.25, 0.3) is 0 Å². The largest absolute Gasteiger partial charge is 0.466 e. The molecule has 0 aliphatic carbocycles. The van der Waals surface area contributed by atoms with Crippen LogP contribution in [0.1, 0.15) is 26.2 Å². The Morgan fingerprint density at radius 3 is 2.87 bits per heavy atom. The van der Waals surface area contributed by atoms with Gasteiger partial charge in [0.2, 0.25) is 0 Å². The Balaban J connectivity index is 3.73. The fourth-order valence-electron chi connectivity index (χ4n) is 1.12. The minimum Gasteiger partial charge on any atom is -0.466 e. The second-order valence-corrected chi connectivity index (χ2v) is 3.09. The van der Waals surface area contributed by atoms with Crippen molar-refractivity contribution in [3.05, 3.63) is 11.6 Å². The molecular weight excluding hydrogens is 190 g/mol. The molecule has 0 saturated carbocycles. The van der Waals surface area contributed by atoms with E-state index in [9.17, 15) is 4.79 Å². The van der Waals surface area contributed by atoms with Gasteiger partial charge in [-0.2, -0.15) is 0 Å². The fourth-order valence-corrected chi connectivity index (χ4v) is 1.12. The molecule has 15 heavy (non-hydrogen) atoms. The highest BCUT2D eigenvalue weighted by Crippen LogP contribution is 2.01. The maximum absolute atomic E-state index is 11.2. The van der Waals surface area contributed by atoms with E-state index in [0.29, 0.717) is 18.5 Å². The summed E-state index contributed by atoms with van der Waals surface area (Å²) >= 11 is 0. The van der Waals surface area contributed by atoms with Gasteiger partial charge in [-0.1, -0.05) is 13.0 Å². The summed E-state index contributed by atoms with van der Waals surface area (Å²) in [5.74, 6) is 2.33. The zero-order valence-corrected chi connectivity index (χ0v) is 9.51. The SMILES string of the molecule is C#CCCCNCC=C(CC)C(=O)OC. The third kappa shape index (κ3) is 6.75. The number of carbonyl (C=O) groups excluding carboxylic acids is 1. The average Bonchev–Trinajstić information content (AvgIpc) is 2.27. The molecule has 0 amide bonds. The van der Waals surface area contributed by atoms with Gasteiger partial charge >= 0.3 is 5.97 Å². The van der Waals surface area contributed by atoms with Gasteiger partial charge < -0.3 is 10.1 Å². The summed E-state index contributed by atoms with van der Waals surface area (Å²) in [5, 5.41) is 3.18. The van der Waals surface area contributed by atoms with Gasteiger partial charge in [0.05, 0.1) is 7.11 Å². The number of rotatable bonds is 7. The summed E-state index contributed by atoms with van der Waals surface area (Å²) in [6.07, 6.45) is 9.42. The van der Waals surface area contributed by atoms with Crippen molar-refractivity contribution in [1.29, 1.82) is 0 Å². The zero-order chi connectivity index (χ0) is 11.5. The van der Waals surface area contributed by atoms with Crippen molar-refractivity contribution in [3.8, 4) is 12.3 Å². The van der Waals surface area contributed by atoms with Crippen LogP contribution in [-0.2, 0) is 9.53 Å². The van der Waals surface area contributed by atoms with Gasteiger partial charge in [0, 0.05) is 18.5 Å². The van der Waals surface area contributed by atoms with Crippen LogP contribution in [0.3, 0.4) is 0 Å². The molecular formula is C12H19NO2.